The third kappa shape index (κ3) is 2.03. The molecule has 0 spiro atoms. The van der Waals surface area contributed by atoms with Crippen molar-refractivity contribution in [2.24, 2.45) is 5.73 Å². The molecule has 5 heteroatoms. The zero-order valence-electron chi connectivity index (χ0n) is 11.3. The minimum Gasteiger partial charge on any atom is -0.323 e. The average molecular weight is 331 g/mol. The van der Waals surface area contributed by atoms with Gasteiger partial charge in [0.1, 0.15) is 5.69 Å². The smallest absolute Gasteiger partial charge is 0.102 e. The molecule has 1 aromatic heterocycles. The highest BCUT2D eigenvalue weighted by molar-refractivity contribution is 9.10. The molecule has 0 radical (unpaired) electrons. The Balaban J connectivity index is 2.28. The van der Waals surface area contributed by atoms with Gasteiger partial charge < -0.3 is 5.73 Å². The third-order valence-electron chi connectivity index (χ3n) is 3.44. The van der Waals surface area contributed by atoms with E-state index in [-0.39, 0.29) is 6.04 Å². The molecular formula is C15H15BrN4. The molecule has 3 aromatic rings. The van der Waals surface area contributed by atoms with E-state index in [0.29, 0.717) is 0 Å². The molecule has 0 bridgehead atoms. The van der Waals surface area contributed by atoms with Crippen LogP contribution in [0.4, 0.5) is 0 Å². The van der Waals surface area contributed by atoms with Crippen molar-refractivity contribution in [2.45, 2.75) is 19.9 Å². The van der Waals surface area contributed by atoms with Crippen LogP contribution < -0.4 is 5.73 Å². The van der Waals surface area contributed by atoms with Gasteiger partial charge in [-0.15, -0.1) is 5.10 Å². The van der Waals surface area contributed by atoms with Gasteiger partial charge in [-0.05, 0) is 31.4 Å². The second-order valence-corrected chi connectivity index (χ2v) is 5.73. The van der Waals surface area contributed by atoms with E-state index < -0.39 is 0 Å². The zero-order valence-corrected chi connectivity index (χ0v) is 12.9. The lowest BCUT2D eigenvalue weighted by Crippen LogP contribution is -2.08. The number of hydrogen-bond donors (Lipinski definition) is 1. The van der Waals surface area contributed by atoms with E-state index in [1.165, 1.54) is 0 Å². The lowest BCUT2D eigenvalue weighted by Gasteiger charge is -2.10. The summed E-state index contributed by atoms with van der Waals surface area (Å²) in [6.45, 7) is 3.91. The summed E-state index contributed by atoms with van der Waals surface area (Å²) in [6.07, 6.45) is 0. The van der Waals surface area contributed by atoms with Crippen molar-refractivity contribution in [1.29, 1.82) is 0 Å². The summed E-state index contributed by atoms with van der Waals surface area (Å²) in [5.74, 6) is 0. The second kappa shape index (κ2) is 5.00. The highest BCUT2D eigenvalue weighted by Crippen LogP contribution is 2.29. The fourth-order valence-electron chi connectivity index (χ4n) is 2.42. The molecule has 1 unspecified atom stereocenters. The molecule has 0 fully saturated rings. The summed E-state index contributed by atoms with van der Waals surface area (Å²) in [6, 6.07) is 12.2. The predicted octanol–water partition coefficient (Wildman–Crippen LogP) is 3.51. The maximum Gasteiger partial charge on any atom is 0.102 e. The second-order valence-electron chi connectivity index (χ2n) is 4.87. The Labute approximate surface area is 125 Å². The molecule has 20 heavy (non-hydrogen) atoms. The number of aromatic nitrogens is 3. The van der Waals surface area contributed by atoms with Crippen molar-refractivity contribution in [2.75, 3.05) is 0 Å². The van der Waals surface area contributed by atoms with Crippen molar-refractivity contribution in [3.63, 3.8) is 0 Å². The van der Waals surface area contributed by atoms with E-state index in [1.807, 2.05) is 42.8 Å². The standard InChI is InChI=1S/C15H15BrN4/c1-9(17)15-10(2)20(19-18-15)14-8-7-13(16)11-5-3-4-6-12(11)14/h3-9H,17H2,1-2H3. The van der Waals surface area contributed by atoms with Crippen LogP contribution >= 0.6 is 15.9 Å². The first-order valence-electron chi connectivity index (χ1n) is 6.45. The molecule has 0 amide bonds. The molecular weight excluding hydrogens is 316 g/mol. The van der Waals surface area contributed by atoms with Gasteiger partial charge in [0, 0.05) is 15.9 Å². The SMILES string of the molecule is Cc1c(C(C)N)nnn1-c1ccc(Br)c2ccccc12. The Kier molecular flexibility index (Phi) is 3.31. The minimum absolute atomic E-state index is 0.120. The van der Waals surface area contributed by atoms with Crippen LogP contribution in [0.25, 0.3) is 16.5 Å². The minimum atomic E-state index is -0.120. The lowest BCUT2D eigenvalue weighted by molar-refractivity contribution is 0.757. The van der Waals surface area contributed by atoms with Crippen LogP contribution in [0.15, 0.2) is 40.9 Å². The van der Waals surface area contributed by atoms with Gasteiger partial charge in [0.2, 0.25) is 0 Å². The van der Waals surface area contributed by atoms with Gasteiger partial charge in [-0.1, -0.05) is 45.4 Å². The summed E-state index contributed by atoms with van der Waals surface area (Å²) in [5.41, 5.74) is 8.74. The molecule has 0 saturated carbocycles. The van der Waals surface area contributed by atoms with Crippen LogP contribution in [-0.2, 0) is 0 Å². The molecule has 0 saturated heterocycles. The van der Waals surface area contributed by atoms with E-state index in [9.17, 15) is 0 Å². The van der Waals surface area contributed by atoms with Crippen molar-refractivity contribution in [3.05, 3.63) is 52.3 Å². The van der Waals surface area contributed by atoms with E-state index in [1.54, 1.807) is 0 Å². The molecule has 0 aliphatic rings. The number of benzene rings is 2. The van der Waals surface area contributed by atoms with Gasteiger partial charge in [0.15, 0.2) is 0 Å². The number of rotatable bonds is 2. The maximum absolute atomic E-state index is 5.92. The number of fused-ring (bicyclic) bond motifs is 1. The molecule has 1 atom stereocenters. The van der Waals surface area contributed by atoms with Crippen molar-refractivity contribution in [1.82, 2.24) is 15.0 Å². The molecule has 1 heterocycles. The summed E-state index contributed by atoms with van der Waals surface area (Å²) in [7, 11) is 0. The zero-order chi connectivity index (χ0) is 14.3. The van der Waals surface area contributed by atoms with Gasteiger partial charge in [-0.25, -0.2) is 4.68 Å². The molecule has 2 aromatic carbocycles. The molecule has 102 valence electrons. The molecule has 3 rings (SSSR count). The normalized spacial score (nSPS) is 12.8. The van der Waals surface area contributed by atoms with Gasteiger partial charge in [0.25, 0.3) is 0 Å². The van der Waals surface area contributed by atoms with Crippen LogP contribution in [-0.4, -0.2) is 15.0 Å². The van der Waals surface area contributed by atoms with E-state index >= 15 is 0 Å². The highest BCUT2D eigenvalue weighted by atomic mass is 79.9. The first kappa shape index (κ1) is 13.3. The highest BCUT2D eigenvalue weighted by Gasteiger charge is 2.15. The number of halogens is 1. The van der Waals surface area contributed by atoms with Gasteiger partial charge in [0.05, 0.1) is 11.4 Å². The summed E-state index contributed by atoms with van der Waals surface area (Å²) < 4.78 is 2.93. The Morgan fingerprint density at radius 2 is 1.85 bits per heavy atom. The Hall–Kier alpha value is -1.72. The van der Waals surface area contributed by atoms with Crippen LogP contribution in [0.2, 0.25) is 0 Å². The van der Waals surface area contributed by atoms with Crippen LogP contribution in [0, 0.1) is 6.92 Å². The monoisotopic (exact) mass is 330 g/mol. The first-order valence-corrected chi connectivity index (χ1v) is 7.24. The van der Waals surface area contributed by atoms with Crippen LogP contribution in [0.5, 0.6) is 0 Å². The molecule has 0 aliphatic carbocycles. The van der Waals surface area contributed by atoms with E-state index in [0.717, 1.165) is 32.3 Å². The topological polar surface area (TPSA) is 56.7 Å². The van der Waals surface area contributed by atoms with Gasteiger partial charge in [-0.2, -0.15) is 0 Å². The fourth-order valence-corrected chi connectivity index (χ4v) is 2.90. The van der Waals surface area contributed by atoms with Crippen molar-refractivity contribution >= 4 is 26.7 Å². The van der Waals surface area contributed by atoms with Gasteiger partial charge in [-0.3, -0.25) is 0 Å². The maximum atomic E-state index is 5.92. The Morgan fingerprint density at radius 3 is 2.50 bits per heavy atom. The fraction of sp³-hybridized carbons (Fsp3) is 0.200. The molecule has 0 aliphatic heterocycles. The van der Waals surface area contributed by atoms with Crippen LogP contribution in [0.3, 0.4) is 0 Å². The summed E-state index contributed by atoms with van der Waals surface area (Å²) in [5, 5.41) is 10.7. The quantitative estimate of drug-likeness (QED) is 0.782. The van der Waals surface area contributed by atoms with E-state index in [4.69, 9.17) is 5.73 Å². The lowest BCUT2D eigenvalue weighted by atomic mass is 10.1. The molecule has 4 nitrogen and oxygen atoms in total. The summed E-state index contributed by atoms with van der Waals surface area (Å²) >= 11 is 3.59. The van der Waals surface area contributed by atoms with Crippen molar-refractivity contribution in [3.8, 4) is 5.69 Å². The number of hydrogen-bond acceptors (Lipinski definition) is 3. The Morgan fingerprint density at radius 1 is 1.15 bits per heavy atom. The van der Waals surface area contributed by atoms with Gasteiger partial charge >= 0.3 is 0 Å². The van der Waals surface area contributed by atoms with E-state index in [2.05, 4.69) is 38.4 Å². The molecule has 2 N–H and O–H groups in total. The van der Waals surface area contributed by atoms with Crippen LogP contribution in [0.1, 0.15) is 24.4 Å². The third-order valence-corrected chi connectivity index (χ3v) is 4.13. The number of nitrogens with two attached hydrogens (primary N) is 1. The Bertz CT molecular complexity index is 777. The number of nitrogens with zero attached hydrogens (tertiary/aromatic N) is 3. The average Bonchev–Trinajstić information content (AvgIpc) is 2.82. The van der Waals surface area contributed by atoms with Crippen molar-refractivity contribution < 1.29 is 0 Å². The summed E-state index contributed by atoms with van der Waals surface area (Å²) in [4.78, 5) is 0. The largest absolute Gasteiger partial charge is 0.323 e. The first-order chi connectivity index (χ1) is 9.59. The predicted molar refractivity (Wildman–Crippen MR) is 83.9 cm³/mol.